The molecule has 0 aliphatic rings. The van der Waals surface area contributed by atoms with Crippen LogP contribution in [0.2, 0.25) is 0 Å². The van der Waals surface area contributed by atoms with E-state index in [1.807, 2.05) is 13.8 Å². The van der Waals surface area contributed by atoms with Crippen LogP contribution in [-0.4, -0.2) is 25.3 Å². The Kier molecular flexibility index (Phi) is 9.78. The van der Waals surface area contributed by atoms with Crippen molar-refractivity contribution in [3.05, 3.63) is 0 Å². The highest BCUT2D eigenvalue weighted by Gasteiger charge is 2.13. The van der Waals surface area contributed by atoms with Crippen LogP contribution in [0.4, 0.5) is 0 Å². The van der Waals surface area contributed by atoms with E-state index in [4.69, 9.17) is 4.74 Å². The Morgan fingerprint density at radius 3 is 2.47 bits per heavy atom. The summed E-state index contributed by atoms with van der Waals surface area (Å²) >= 11 is 0. The predicted molar refractivity (Wildman–Crippen MR) is 72.5 cm³/mol. The van der Waals surface area contributed by atoms with Gasteiger partial charge in [-0.3, -0.25) is 9.79 Å². The Labute approximate surface area is 106 Å². The van der Waals surface area contributed by atoms with Crippen molar-refractivity contribution < 1.29 is 9.53 Å². The van der Waals surface area contributed by atoms with Crippen molar-refractivity contribution in [1.82, 2.24) is 0 Å². The standard InChI is InChI=1S/C14H27NO2/c1-5-6-7-8-9-10-12(2)14(16)17-11-13(3)15-4/h12H,5-11H2,1-4H3/b15-13+. The normalized spacial score (nSPS) is 13.5. The lowest BCUT2D eigenvalue weighted by Gasteiger charge is -2.11. The molecule has 0 aromatic heterocycles. The third kappa shape index (κ3) is 8.90. The van der Waals surface area contributed by atoms with Crippen LogP contribution >= 0.6 is 0 Å². The van der Waals surface area contributed by atoms with Crippen molar-refractivity contribution in [1.29, 1.82) is 0 Å². The van der Waals surface area contributed by atoms with Gasteiger partial charge in [-0.05, 0) is 13.3 Å². The van der Waals surface area contributed by atoms with Crippen molar-refractivity contribution in [2.24, 2.45) is 10.9 Å². The number of ether oxygens (including phenoxy) is 1. The van der Waals surface area contributed by atoms with Gasteiger partial charge in [-0.1, -0.05) is 46.0 Å². The van der Waals surface area contributed by atoms with Crippen molar-refractivity contribution in [3.63, 3.8) is 0 Å². The number of unbranched alkanes of at least 4 members (excludes halogenated alkanes) is 4. The summed E-state index contributed by atoms with van der Waals surface area (Å²) in [5, 5.41) is 0. The Bertz CT molecular complexity index is 236. The molecule has 0 heterocycles. The van der Waals surface area contributed by atoms with Gasteiger partial charge in [0, 0.05) is 12.8 Å². The smallest absolute Gasteiger partial charge is 0.309 e. The lowest BCUT2D eigenvalue weighted by molar-refractivity contribution is -0.146. The van der Waals surface area contributed by atoms with Crippen molar-refractivity contribution >= 4 is 11.7 Å². The van der Waals surface area contributed by atoms with Crippen LogP contribution < -0.4 is 0 Å². The van der Waals surface area contributed by atoms with E-state index in [1.165, 1.54) is 25.7 Å². The van der Waals surface area contributed by atoms with E-state index in [0.29, 0.717) is 6.61 Å². The highest BCUT2D eigenvalue weighted by molar-refractivity contribution is 5.85. The molecule has 1 unspecified atom stereocenters. The molecule has 1 atom stereocenters. The third-order valence-electron chi connectivity index (χ3n) is 2.95. The van der Waals surface area contributed by atoms with Crippen LogP contribution in [0.1, 0.15) is 59.3 Å². The molecular formula is C14H27NO2. The second-order valence-electron chi connectivity index (χ2n) is 4.67. The Balaban J connectivity index is 3.60. The van der Waals surface area contributed by atoms with Gasteiger partial charge in [-0.15, -0.1) is 0 Å². The molecule has 0 amide bonds. The van der Waals surface area contributed by atoms with Gasteiger partial charge in [0.05, 0.1) is 5.92 Å². The monoisotopic (exact) mass is 241 g/mol. The van der Waals surface area contributed by atoms with E-state index >= 15 is 0 Å². The highest BCUT2D eigenvalue weighted by Crippen LogP contribution is 2.12. The molecule has 0 aliphatic carbocycles. The van der Waals surface area contributed by atoms with Crippen molar-refractivity contribution in [2.75, 3.05) is 13.7 Å². The molecule has 3 heteroatoms. The van der Waals surface area contributed by atoms with Gasteiger partial charge in [-0.25, -0.2) is 0 Å². The molecule has 0 N–H and O–H groups in total. The van der Waals surface area contributed by atoms with E-state index in [9.17, 15) is 4.79 Å². The maximum atomic E-state index is 11.6. The summed E-state index contributed by atoms with van der Waals surface area (Å²) in [6.07, 6.45) is 7.11. The molecule has 0 radical (unpaired) electrons. The third-order valence-corrected chi connectivity index (χ3v) is 2.95. The number of carbonyl (C=O) groups excluding carboxylic acids is 1. The molecule has 0 fully saturated rings. The van der Waals surface area contributed by atoms with Gasteiger partial charge in [0.15, 0.2) is 0 Å². The fraction of sp³-hybridized carbons (Fsp3) is 0.857. The first-order valence-corrected chi connectivity index (χ1v) is 6.70. The average Bonchev–Trinajstić information content (AvgIpc) is 2.34. The minimum absolute atomic E-state index is 0.0151. The summed E-state index contributed by atoms with van der Waals surface area (Å²) < 4.78 is 5.16. The average molecular weight is 241 g/mol. The molecule has 0 saturated carbocycles. The summed E-state index contributed by atoms with van der Waals surface area (Å²) in [7, 11) is 1.71. The second-order valence-corrected chi connectivity index (χ2v) is 4.67. The Hall–Kier alpha value is -0.860. The molecule has 0 rings (SSSR count). The van der Waals surface area contributed by atoms with Crippen LogP contribution in [-0.2, 0) is 9.53 Å². The first kappa shape index (κ1) is 16.1. The number of hydrogen-bond acceptors (Lipinski definition) is 3. The van der Waals surface area contributed by atoms with Gasteiger partial charge >= 0.3 is 5.97 Å². The molecule has 0 bridgehead atoms. The zero-order chi connectivity index (χ0) is 13.1. The summed E-state index contributed by atoms with van der Waals surface area (Å²) in [5.74, 6) is -0.0789. The molecular weight excluding hydrogens is 214 g/mol. The molecule has 0 aromatic rings. The van der Waals surface area contributed by atoms with Crippen LogP contribution in [0.25, 0.3) is 0 Å². The van der Waals surface area contributed by atoms with Crippen LogP contribution in [0.15, 0.2) is 4.99 Å². The Morgan fingerprint density at radius 1 is 1.24 bits per heavy atom. The van der Waals surface area contributed by atoms with Gasteiger partial charge in [0.25, 0.3) is 0 Å². The second kappa shape index (κ2) is 10.3. The topological polar surface area (TPSA) is 38.7 Å². The minimum atomic E-state index is -0.0940. The SMILES string of the molecule is CCCCCCCC(C)C(=O)OC/C(C)=N/C. The largest absolute Gasteiger partial charge is 0.459 e. The fourth-order valence-corrected chi connectivity index (χ4v) is 1.55. The van der Waals surface area contributed by atoms with E-state index in [1.54, 1.807) is 7.05 Å². The summed E-state index contributed by atoms with van der Waals surface area (Å²) in [4.78, 5) is 15.6. The fourth-order valence-electron chi connectivity index (χ4n) is 1.55. The molecule has 3 nitrogen and oxygen atoms in total. The first-order chi connectivity index (χ1) is 8.11. The van der Waals surface area contributed by atoms with E-state index in [-0.39, 0.29) is 11.9 Å². The molecule has 100 valence electrons. The number of carbonyl (C=O) groups is 1. The molecule has 0 spiro atoms. The lowest BCUT2D eigenvalue weighted by Crippen LogP contribution is -2.18. The summed E-state index contributed by atoms with van der Waals surface area (Å²) in [6.45, 7) is 6.34. The summed E-state index contributed by atoms with van der Waals surface area (Å²) in [6, 6.07) is 0. The predicted octanol–water partition coefficient (Wildman–Crippen LogP) is 3.62. The molecule has 0 saturated heterocycles. The number of aliphatic imine (C=N–C) groups is 1. The number of hydrogen-bond donors (Lipinski definition) is 0. The quantitative estimate of drug-likeness (QED) is 0.351. The van der Waals surface area contributed by atoms with Crippen LogP contribution in [0.3, 0.4) is 0 Å². The zero-order valence-corrected chi connectivity index (χ0v) is 11.8. The van der Waals surface area contributed by atoms with Gasteiger partial charge < -0.3 is 4.74 Å². The number of nitrogens with zero attached hydrogens (tertiary/aromatic N) is 1. The van der Waals surface area contributed by atoms with E-state index < -0.39 is 0 Å². The maximum Gasteiger partial charge on any atom is 0.309 e. The maximum absolute atomic E-state index is 11.6. The molecule has 17 heavy (non-hydrogen) atoms. The number of rotatable bonds is 9. The first-order valence-electron chi connectivity index (χ1n) is 6.70. The zero-order valence-electron chi connectivity index (χ0n) is 11.8. The van der Waals surface area contributed by atoms with Crippen molar-refractivity contribution in [2.45, 2.75) is 59.3 Å². The minimum Gasteiger partial charge on any atom is -0.459 e. The molecule has 0 aromatic carbocycles. The van der Waals surface area contributed by atoms with E-state index in [0.717, 1.165) is 18.6 Å². The van der Waals surface area contributed by atoms with Gasteiger partial charge in [0.1, 0.15) is 6.61 Å². The van der Waals surface area contributed by atoms with Gasteiger partial charge in [-0.2, -0.15) is 0 Å². The van der Waals surface area contributed by atoms with Crippen LogP contribution in [0, 0.1) is 5.92 Å². The van der Waals surface area contributed by atoms with Gasteiger partial charge in [0.2, 0.25) is 0 Å². The lowest BCUT2D eigenvalue weighted by atomic mass is 10.0. The number of esters is 1. The summed E-state index contributed by atoms with van der Waals surface area (Å²) in [5.41, 5.74) is 0.855. The molecule has 0 aliphatic heterocycles. The van der Waals surface area contributed by atoms with E-state index in [2.05, 4.69) is 11.9 Å². The highest BCUT2D eigenvalue weighted by atomic mass is 16.5. The van der Waals surface area contributed by atoms with Crippen molar-refractivity contribution in [3.8, 4) is 0 Å². The van der Waals surface area contributed by atoms with Crippen LogP contribution in [0.5, 0.6) is 0 Å². The Morgan fingerprint density at radius 2 is 1.88 bits per heavy atom.